The number of hydrogen-bond donors (Lipinski definition) is 0. The molecule has 0 fully saturated rings. The highest BCUT2D eigenvalue weighted by Gasteiger charge is 2.25. The Hall–Kier alpha value is -1.53. The maximum absolute atomic E-state index is 13.9. The molecular formula is C13H15FNO3Si. The normalized spacial score (nSPS) is 18.2. The third-order valence-corrected chi connectivity index (χ3v) is 3.79. The van der Waals surface area contributed by atoms with Crippen molar-refractivity contribution >= 4 is 15.1 Å². The second-order valence-corrected chi connectivity index (χ2v) is 6.78. The quantitative estimate of drug-likeness (QED) is 0.483. The summed E-state index contributed by atoms with van der Waals surface area (Å²) in [5.41, 5.74) is 2.18. The van der Waals surface area contributed by atoms with Crippen molar-refractivity contribution in [3.05, 3.63) is 51.0 Å². The first-order chi connectivity index (χ1) is 8.97. The topological polar surface area (TPSA) is 52.4 Å². The number of rotatable bonds is 4. The summed E-state index contributed by atoms with van der Waals surface area (Å²) in [6.07, 6.45) is 3.61. The number of fused-ring (bicyclic) bond motifs is 1. The Morgan fingerprint density at radius 3 is 2.89 bits per heavy atom. The van der Waals surface area contributed by atoms with Crippen LogP contribution in [0.3, 0.4) is 0 Å². The number of aryl methyl sites for hydroxylation is 1. The van der Waals surface area contributed by atoms with Gasteiger partial charge >= 0.3 is 0 Å². The molecule has 0 spiro atoms. The summed E-state index contributed by atoms with van der Waals surface area (Å²) in [5, 5.41) is 10.3. The van der Waals surface area contributed by atoms with Crippen molar-refractivity contribution in [3.63, 3.8) is 0 Å². The summed E-state index contributed by atoms with van der Waals surface area (Å²) < 4.78 is 19.7. The van der Waals surface area contributed by atoms with Gasteiger partial charge in [-0.15, -0.1) is 0 Å². The van der Waals surface area contributed by atoms with Gasteiger partial charge in [0.05, 0.1) is 11.0 Å². The molecule has 1 atom stereocenters. The number of benzene rings is 1. The van der Waals surface area contributed by atoms with Crippen LogP contribution in [-0.4, -0.2) is 14.0 Å². The number of nitrogens with zero attached hydrogens (tertiary/aromatic N) is 1. The molecule has 19 heavy (non-hydrogen) atoms. The fraction of sp³-hybridized carbons (Fsp3) is 0.385. The SMILES string of the molecule is C[Si](C)OC1CCc2cc(/C=C/[N+](=O)[O-])c(F)cc21. The van der Waals surface area contributed by atoms with Gasteiger partial charge in [-0.2, -0.15) is 0 Å². The average molecular weight is 280 g/mol. The van der Waals surface area contributed by atoms with Crippen LogP contribution < -0.4 is 0 Å². The largest absolute Gasteiger partial charge is 0.410 e. The van der Waals surface area contributed by atoms with E-state index in [0.29, 0.717) is 0 Å². The molecule has 0 amide bonds. The van der Waals surface area contributed by atoms with Gasteiger partial charge in [0.1, 0.15) is 5.82 Å². The Morgan fingerprint density at radius 1 is 1.53 bits per heavy atom. The van der Waals surface area contributed by atoms with E-state index >= 15 is 0 Å². The molecular weight excluding hydrogens is 265 g/mol. The second kappa shape index (κ2) is 5.62. The molecule has 1 radical (unpaired) electrons. The summed E-state index contributed by atoms with van der Waals surface area (Å²) in [7, 11) is -0.829. The zero-order chi connectivity index (χ0) is 14.0. The van der Waals surface area contributed by atoms with Crippen molar-refractivity contribution < 1.29 is 13.7 Å². The lowest BCUT2D eigenvalue weighted by molar-refractivity contribution is -0.400. The van der Waals surface area contributed by atoms with Crippen molar-refractivity contribution in [3.8, 4) is 0 Å². The van der Waals surface area contributed by atoms with Crippen LogP contribution in [0.1, 0.15) is 29.2 Å². The summed E-state index contributed by atoms with van der Waals surface area (Å²) in [4.78, 5) is 9.67. The molecule has 0 saturated heterocycles. The van der Waals surface area contributed by atoms with E-state index in [1.54, 1.807) is 6.07 Å². The van der Waals surface area contributed by atoms with Gasteiger partial charge in [-0.05, 0) is 49.2 Å². The third-order valence-electron chi connectivity index (χ3n) is 3.04. The third kappa shape index (κ3) is 3.27. The zero-order valence-corrected chi connectivity index (χ0v) is 11.9. The molecule has 0 N–H and O–H groups in total. The van der Waals surface area contributed by atoms with Gasteiger partial charge in [0, 0.05) is 11.6 Å². The molecule has 101 valence electrons. The van der Waals surface area contributed by atoms with Gasteiger partial charge in [-0.1, -0.05) is 0 Å². The first-order valence-electron chi connectivity index (χ1n) is 6.08. The predicted octanol–water partition coefficient (Wildman–Crippen LogP) is 3.33. The van der Waals surface area contributed by atoms with E-state index in [4.69, 9.17) is 4.43 Å². The molecule has 4 nitrogen and oxygen atoms in total. The highest BCUT2D eigenvalue weighted by Crippen LogP contribution is 2.36. The minimum absolute atomic E-state index is 0.0260. The van der Waals surface area contributed by atoms with Crippen molar-refractivity contribution in [2.24, 2.45) is 0 Å². The minimum atomic E-state index is -0.829. The van der Waals surface area contributed by atoms with E-state index in [1.807, 2.05) is 13.1 Å². The maximum atomic E-state index is 13.9. The van der Waals surface area contributed by atoms with Crippen LogP contribution in [0.5, 0.6) is 0 Å². The second-order valence-electron chi connectivity index (χ2n) is 4.73. The molecule has 0 aliphatic heterocycles. The minimum Gasteiger partial charge on any atom is -0.410 e. The fourth-order valence-electron chi connectivity index (χ4n) is 2.29. The van der Waals surface area contributed by atoms with E-state index in [1.165, 1.54) is 12.1 Å². The molecule has 1 aliphatic carbocycles. The fourth-order valence-corrected chi connectivity index (χ4v) is 3.10. The lowest BCUT2D eigenvalue weighted by Crippen LogP contribution is -2.12. The van der Waals surface area contributed by atoms with Gasteiger partial charge in [-0.3, -0.25) is 10.1 Å². The van der Waals surface area contributed by atoms with Gasteiger partial charge in [0.15, 0.2) is 0 Å². The monoisotopic (exact) mass is 280 g/mol. The summed E-state index contributed by atoms with van der Waals surface area (Å²) in [6, 6.07) is 3.14. The molecule has 1 aliphatic rings. The van der Waals surface area contributed by atoms with Crippen LogP contribution in [0.25, 0.3) is 6.08 Å². The van der Waals surface area contributed by atoms with Crippen LogP contribution in [0.2, 0.25) is 13.1 Å². The molecule has 1 aromatic carbocycles. The van der Waals surface area contributed by atoms with E-state index in [9.17, 15) is 14.5 Å². The van der Waals surface area contributed by atoms with E-state index in [0.717, 1.165) is 30.2 Å². The van der Waals surface area contributed by atoms with Crippen LogP contribution in [0.4, 0.5) is 4.39 Å². The van der Waals surface area contributed by atoms with Crippen LogP contribution in [0.15, 0.2) is 18.3 Å². The van der Waals surface area contributed by atoms with E-state index in [-0.39, 0.29) is 11.7 Å². The van der Waals surface area contributed by atoms with E-state index < -0.39 is 19.8 Å². The van der Waals surface area contributed by atoms with Crippen molar-refractivity contribution in [2.45, 2.75) is 32.0 Å². The van der Waals surface area contributed by atoms with Gasteiger partial charge in [-0.25, -0.2) is 4.39 Å². The molecule has 0 aromatic heterocycles. The number of halogens is 1. The summed E-state index contributed by atoms with van der Waals surface area (Å²) >= 11 is 0. The van der Waals surface area contributed by atoms with Crippen molar-refractivity contribution in [1.29, 1.82) is 0 Å². The van der Waals surface area contributed by atoms with E-state index in [2.05, 4.69) is 0 Å². The van der Waals surface area contributed by atoms with Crippen molar-refractivity contribution in [1.82, 2.24) is 0 Å². The molecule has 0 saturated carbocycles. The maximum Gasteiger partial charge on any atom is 0.235 e. The highest BCUT2D eigenvalue weighted by molar-refractivity contribution is 6.48. The lowest BCUT2D eigenvalue weighted by Gasteiger charge is -2.15. The predicted molar refractivity (Wildman–Crippen MR) is 72.1 cm³/mol. The average Bonchev–Trinajstić information content (AvgIpc) is 2.68. The molecule has 0 bridgehead atoms. The van der Waals surface area contributed by atoms with Crippen molar-refractivity contribution in [2.75, 3.05) is 0 Å². The number of nitro groups is 1. The van der Waals surface area contributed by atoms with Crippen LogP contribution >= 0.6 is 0 Å². The Morgan fingerprint density at radius 2 is 2.26 bits per heavy atom. The smallest absolute Gasteiger partial charge is 0.235 e. The molecule has 6 heteroatoms. The molecule has 1 aromatic rings. The highest BCUT2D eigenvalue weighted by atomic mass is 28.3. The number of hydrogen-bond acceptors (Lipinski definition) is 3. The molecule has 2 rings (SSSR count). The Balaban J connectivity index is 2.28. The Bertz CT molecular complexity index is 531. The molecule has 1 unspecified atom stereocenters. The van der Waals surface area contributed by atoms with Gasteiger partial charge in [0.2, 0.25) is 15.2 Å². The standard InChI is InChI=1S/C13H15FNO3Si/c1-19(2)18-13-4-3-9-7-10(5-6-15(16)17)12(14)8-11(9)13/h5-8,13H,3-4H2,1-2H3/b6-5+. The van der Waals surface area contributed by atoms with Crippen LogP contribution in [-0.2, 0) is 10.8 Å². The summed E-state index contributed by atoms with van der Waals surface area (Å²) in [6.45, 7) is 4.10. The van der Waals surface area contributed by atoms with Gasteiger partial charge in [0.25, 0.3) is 0 Å². The lowest BCUT2D eigenvalue weighted by atomic mass is 10.0. The Kier molecular flexibility index (Phi) is 4.11. The zero-order valence-electron chi connectivity index (χ0n) is 10.9. The first-order valence-corrected chi connectivity index (χ1v) is 8.49. The summed E-state index contributed by atoms with van der Waals surface area (Å²) in [5.74, 6) is -0.437. The molecule has 0 heterocycles. The first kappa shape index (κ1) is 13.9. The Labute approximate surface area is 112 Å². The van der Waals surface area contributed by atoms with Crippen LogP contribution in [0, 0.1) is 15.9 Å². The van der Waals surface area contributed by atoms with Gasteiger partial charge < -0.3 is 4.43 Å².